The molecule has 1 aromatic heterocycles. The summed E-state index contributed by atoms with van der Waals surface area (Å²) in [6.07, 6.45) is 5.38. The van der Waals surface area contributed by atoms with Crippen LogP contribution < -0.4 is 10.6 Å². The van der Waals surface area contributed by atoms with Crippen LogP contribution in [0.4, 0.5) is 5.82 Å². The summed E-state index contributed by atoms with van der Waals surface area (Å²) in [7, 11) is 0. The molecule has 0 bridgehead atoms. The Kier molecular flexibility index (Phi) is 2.93. The van der Waals surface area contributed by atoms with Crippen molar-refractivity contribution in [3.63, 3.8) is 0 Å². The van der Waals surface area contributed by atoms with Gasteiger partial charge in [-0.2, -0.15) is 5.10 Å². The molecule has 14 heavy (non-hydrogen) atoms. The maximum Gasteiger partial charge on any atom is 0.151 e. The van der Waals surface area contributed by atoms with Gasteiger partial charge in [-0.05, 0) is 31.4 Å². The Labute approximate surface area is 84.1 Å². The molecule has 1 aliphatic rings. The summed E-state index contributed by atoms with van der Waals surface area (Å²) in [5, 5.41) is 8.02. The molecule has 0 aromatic carbocycles. The lowest BCUT2D eigenvalue weighted by molar-refractivity contribution is 0.461. The molecule has 0 amide bonds. The third-order valence-electron chi connectivity index (χ3n) is 2.75. The zero-order valence-corrected chi connectivity index (χ0v) is 8.26. The van der Waals surface area contributed by atoms with Crippen LogP contribution in [-0.2, 0) is 0 Å². The van der Waals surface area contributed by atoms with E-state index in [2.05, 4.69) is 15.1 Å². The molecule has 1 atom stereocenters. The van der Waals surface area contributed by atoms with Crippen LogP contribution in [0.25, 0.3) is 0 Å². The molecule has 4 nitrogen and oxygen atoms in total. The fourth-order valence-corrected chi connectivity index (χ4v) is 1.99. The van der Waals surface area contributed by atoms with Crippen molar-refractivity contribution in [3.05, 3.63) is 18.3 Å². The van der Waals surface area contributed by atoms with Crippen LogP contribution in [0.5, 0.6) is 0 Å². The first-order valence-electron chi connectivity index (χ1n) is 5.16. The van der Waals surface area contributed by atoms with E-state index in [1.165, 1.54) is 19.3 Å². The van der Waals surface area contributed by atoms with Crippen molar-refractivity contribution in [1.29, 1.82) is 0 Å². The number of rotatable bonds is 2. The van der Waals surface area contributed by atoms with Crippen LogP contribution in [0.15, 0.2) is 18.3 Å². The fraction of sp³-hybridized carbons (Fsp3) is 0.600. The molecule has 1 aromatic rings. The molecule has 1 unspecified atom stereocenters. The van der Waals surface area contributed by atoms with Crippen molar-refractivity contribution in [2.45, 2.75) is 25.3 Å². The average Bonchev–Trinajstić information content (AvgIpc) is 2.30. The summed E-state index contributed by atoms with van der Waals surface area (Å²) in [4.78, 5) is 2.27. The van der Waals surface area contributed by atoms with Crippen molar-refractivity contribution >= 4 is 5.82 Å². The number of nitrogens with zero attached hydrogens (tertiary/aromatic N) is 3. The lowest BCUT2D eigenvalue weighted by Crippen LogP contribution is -2.44. The number of piperidine rings is 1. The minimum Gasteiger partial charge on any atom is -0.351 e. The summed E-state index contributed by atoms with van der Waals surface area (Å²) in [5.74, 6) is 0.961. The van der Waals surface area contributed by atoms with Crippen LogP contribution in [0, 0.1) is 0 Å². The molecule has 1 fully saturated rings. The molecule has 1 aliphatic heterocycles. The van der Waals surface area contributed by atoms with Crippen molar-refractivity contribution < 1.29 is 0 Å². The topological polar surface area (TPSA) is 55.0 Å². The Morgan fingerprint density at radius 1 is 1.50 bits per heavy atom. The molecule has 2 rings (SSSR count). The number of nitrogens with two attached hydrogens (primary N) is 1. The molecular formula is C10H16N4. The second-order valence-corrected chi connectivity index (χ2v) is 3.66. The van der Waals surface area contributed by atoms with Gasteiger partial charge in [0.2, 0.25) is 0 Å². The molecule has 2 N–H and O–H groups in total. The molecule has 1 saturated heterocycles. The van der Waals surface area contributed by atoms with Crippen LogP contribution in [0.1, 0.15) is 19.3 Å². The third kappa shape index (κ3) is 1.85. The fourth-order valence-electron chi connectivity index (χ4n) is 1.99. The SMILES string of the molecule is NCC1CCCCN1c1cccnn1. The second-order valence-electron chi connectivity index (χ2n) is 3.66. The van der Waals surface area contributed by atoms with E-state index in [9.17, 15) is 0 Å². The number of aromatic nitrogens is 2. The summed E-state index contributed by atoms with van der Waals surface area (Å²) in [6, 6.07) is 4.37. The lowest BCUT2D eigenvalue weighted by Gasteiger charge is -2.35. The highest BCUT2D eigenvalue weighted by molar-refractivity contribution is 5.38. The quantitative estimate of drug-likeness (QED) is 0.753. The maximum atomic E-state index is 5.74. The summed E-state index contributed by atoms with van der Waals surface area (Å²) in [6.45, 7) is 1.76. The Bertz CT molecular complexity index is 275. The maximum absolute atomic E-state index is 5.74. The van der Waals surface area contributed by atoms with E-state index in [4.69, 9.17) is 5.73 Å². The number of hydrogen-bond donors (Lipinski definition) is 1. The van der Waals surface area contributed by atoms with E-state index in [0.717, 1.165) is 12.4 Å². The highest BCUT2D eigenvalue weighted by Crippen LogP contribution is 2.21. The molecule has 2 heterocycles. The van der Waals surface area contributed by atoms with Gasteiger partial charge in [0, 0.05) is 25.3 Å². The monoisotopic (exact) mass is 192 g/mol. The van der Waals surface area contributed by atoms with Gasteiger partial charge in [0.05, 0.1) is 0 Å². The number of hydrogen-bond acceptors (Lipinski definition) is 4. The van der Waals surface area contributed by atoms with Gasteiger partial charge in [-0.15, -0.1) is 5.10 Å². The predicted molar refractivity (Wildman–Crippen MR) is 56.1 cm³/mol. The van der Waals surface area contributed by atoms with Crippen molar-refractivity contribution in [2.24, 2.45) is 5.73 Å². The van der Waals surface area contributed by atoms with Gasteiger partial charge in [-0.1, -0.05) is 0 Å². The first-order chi connectivity index (χ1) is 6.92. The van der Waals surface area contributed by atoms with E-state index in [-0.39, 0.29) is 0 Å². The standard InChI is InChI=1S/C10H16N4/c11-8-9-4-1-2-7-14(9)10-5-3-6-12-13-10/h3,5-6,9H,1-2,4,7-8,11H2. The lowest BCUT2D eigenvalue weighted by atomic mass is 10.0. The van der Waals surface area contributed by atoms with Crippen LogP contribution in [-0.4, -0.2) is 29.3 Å². The van der Waals surface area contributed by atoms with Gasteiger partial charge in [0.25, 0.3) is 0 Å². The van der Waals surface area contributed by atoms with Crippen LogP contribution in [0.2, 0.25) is 0 Å². The van der Waals surface area contributed by atoms with Gasteiger partial charge in [-0.3, -0.25) is 0 Å². The highest BCUT2D eigenvalue weighted by atomic mass is 15.3. The second kappa shape index (κ2) is 4.37. The van der Waals surface area contributed by atoms with Crippen molar-refractivity contribution in [1.82, 2.24) is 10.2 Å². The first kappa shape index (κ1) is 9.40. The molecular weight excluding hydrogens is 176 g/mol. The summed E-state index contributed by atoms with van der Waals surface area (Å²) in [5.41, 5.74) is 5.74. The minimum absolute atomic E-state index is 0.445. The Hall–Kier alpha value is -1.16. The molecule has 76 valence electrons. The first-order valence-corrected chi connectivity index (χ1v) is 5.16. The van der Waals surface area contributed by atoms with E-state index >= 15 is 0 Å². The summed E-state index contributed by atoms with van der Waals surface area (Å²) >= 11 is 0. The molecule has 0 aliphatic carbocycles. The van der Waals surface area contributed by atoms with Crippen molar-refractivity contribution in [2.75, 3.05) is 18.0 Å². The smallest absolute Gasteiger partial charge is 0.151 e. The normalized spacial score (nSPS) is 22.4. The van der Waals surface area contributed by atoms with Crippen LogP contribution in [0.3, 0.4) is 0 Å². The molecule has 4 heteroatoms. The van der Waals surface area contributed by atoms with E-state index in [0.29, 0.717) is 12.6 Å². The van der Waals surface area contributed by atoms with Gasteiger partial charge in [0.1, 0.15) is 0 Å². The molecule has 0 spiro atoms. The van der Waals surface area contributed by atoms with E-state index in [1.54, 1.807) is 6.20 Å². The van der Waals surface area contributed by atoms with Crippen molar-refractivity contribution in [3.8, 4) is 0 Å². The Balaban J connectivity index is 2.15. The Morgan fingerprint density at radius 3 is 3.14 bits per heavy atom. The largest absolute Gasteiger partial charge is 0.351 e. The molecule has 0 radical (unpaired) electrons. The van der Waals surface area contributed by atoms with E-state index < -0.39 is 0 Å². The number of anilines is 1. The third-order valence-corrected chi connectivity index (χ3v) is 2.75. The predicted octanol–water partition coefficient (Wildman–Crippen LogP) is 0.794. The zero-order valence-electron chi connectivity index (χ0n) is 8.26. The summed E-state index contributed by atoms with van der Waals surface area (Å²) < 4.78 is 0. The van der Waals surface area contributed by atoms with Crippen LogP contribution >= 0.6 is 0 Å². The molecule has 0 saturated carbocycles. The minimum atomic E-state index is 0.445. The average molecular weight is 192 g/mol. The van der Waals surface area contributed by atoms with Gasteiger partial charge in [0.15, 0.2) is 5.82 Å². The van der Waals surface area contributed by atoms with Gasteiger partial charge in [-0.25, -0.2) is 0 Å². The Morgan fingerprint density at radius 2 is 2.43 bits per heavy atom. The van der Waals surface area contributed by atoms with Gasteiger partial charge < -0.3 is 10.6 Å². The zero-order chi connectivity index (χ0) is 9.80. The highest BCUT2D eigenvalue weighted by Gasteiger charge is 2.21. The van der Waals surface area contributed by atoms with E-state index in [1.807, 2.05) is 12.1 Å². The van der Waals surface area contributed by atoms with Gasteiger partial charge >= 0.3 is 0 Å².